The van der Waals surface area contributed by atoms with Gasteiger partial charge in [-0.25, -0.2) is 9.97 Å². The average molecular weight is 335 g/mol. The molecular weight excluding hydrogens is 314 g/mol. The number of hydrogen-bond donors (Lipinski definition) is 1. The average Bonchev–Trinajstić information content (AvgIpc) is 3.08. The second-order valence-electron chi connectivity index (χ2n) is 6.70. The van der Waals surface area contributed by atoms with E-state index in [2.05, 4.69) is 15.3 Å². The van der Waals surface area contributed by atoms with E-state index in [9.17, 15) is 4.79 Å². The van der Waals surface area contributed by atoms with Crippen LogP contribution in [0.3, 0.4) is 0 Å². The Bertz CT molecular complexity index is 910. The monoisotopic (exact) mass is 335 g/mol. The highest BCUT2D eigenvalue weighted by Crippen LogP contribution is 2.27. The van der Waals surface area contributed by atoms with Gasteiger partial charge in [0.05, 0.1) is 6.20 Å². The van der Waals surface area contributed by atoms with Crippen molar-refractivity contribution in [3.63, 3.8) is 0 Å². The Morgan fingerprint density at radius 1 is 1.08 bits per heavy atom. The van der Waals surface area contributed by atoms with Crippen molar-refractivity contribution in [3.8, 4) is 11.3 Å². The molecular formula is C20H21N3O2. The molecule has 1 aliphatic carbocycles. The van der Waals surface area contributed by atoms with E-state index in [0.29, 0.717) is 11.7 Å². The highest BCUT2D eigenvalue weighted by Gasteiger charge is 2.21. The minimum Gasteiger partial charge on any atom is -0.441 e. The number of rotatable bonds is 3. The van der Waals surface area contributed by atoms with Gasteiger partial charge in [-0.15, -0.1) is 0 Å². The van der Waals surface area contributed by atoms with Gasteiger partial charge in [-0.1, -0.05) is 31.4 Å². The van der Waals surface area contributed by atoms with E-state index in [4.69, 9.17) is 4.42 Å². The third kappa shape index (κ3) is 3.40. The molecule has 0 unspecified atom stereocenters. The molecule has 25 heavy (non-hydrogen) atoms. The zero-order chi connectivity index (χ0) is 17.2. The minimum absolute atomic E-state index is 0.0913. The van der Waals surface area contributed by atoms with Gasteiger partial charge in [0.25, 0.3) is 0 Å². The maximum absolute atomic E-state index is 12.4. The second kappa shape index (κ2) is 6.67. The van der Waals surface area contributed by atoms with Gasteiger partial charge < -0.3 is 9.73 Å². The fourth-order valence-corrected chi connectivity index (χ4v) is 3.45. The summed E-state index contributed by atoms with van der Waals surface area (Å²) in [4.78, 5) is 20.9. The zero-order valence-electron chi connectivity index (χ0n) is 14.3. The van der Waals surface area contributed by atoms with Crippen LogP contribution in [-0.2, 0) is 4.79 Å². The maximum Gasteiger partial charge on any atom is 0.228 e. The van der Waals surface area contributed by atoms with Gasteiger partial charge in [0.15, 0.2) is 11.7 Å². The van der Waals surface area contributed by atoms with Crippen LogP contribution in [-0.4, -0.2) is 15.9 Å². The van der Waals surface area contributed by atoms with E-state index in [1.165, 1.54) is 6.42 Å². The van der Waals surface area contributed by atoms with Crippen molar-refractivity contribution in [2.24, 2.45) is 5.92 Å². The smallest absolute Gasteiger partial charge is 0.228 e. The number of aryl methyl sites for hydroxylation is 1. The van der Waals surface area contributed by atoms with Crippen molar-refractivity contribution in [1.82, 2.24) is 9.97 Å². The lowest BCUT2D eigenvalue weighted by Gasteiger charge is -2.20. The van der Waals surface area contributed by atoms with Gasteiger partial charge in [-0.3, -0.25) is 4.79 Å². The molecule has 1 fully saturated rings. The minimum atomic E-state index is 0.0913. The highest BCUT2D eigenvalue weighted by molar-refractivity contribution is 5.94. The van der Waals surface area contributed by atoms with Crippen LogP contribution < -0.4 is 5.32 Å². The fraction of sp³-hybridized carbons (Fsp3) is 0.350. The van der Waals surface area contributed by atoms with Crippen LogP contribution >= 0.6 is 0 Å². The highest BCUT2D eigenvalue weighted by atomic mass is 16.4. The summed E-state index contributed by atoms with van der Waals surface area (Å²) in [6.45, 7) is 1.83. The van der Waals surface area contributed by atoms with Crippen LogP contribution in [0.15, 0.2) is 41.1 Å². The van der Waals surface area contributed by atoms with Crippen LogP contribution in [0.4, 0.5) is 5.82 Å². The summed E-state index contributed by atoms with van der Waals surface area (Å²) in [6, 6.07) is 7.95. The molecule has 0 aliphatic heterocycles. The lowest BCUT2D eigenvalue weighted by Crippen LogP contribution is -2.25. The maximum atomic E-state index is 12.4. The summed E-state index contributed by atoms with van der Waals surface area (Å²) in [6.07, 6.45) is 9.00. The number of aromatic nitrogens is 2. The van der Waals surface area contributed by atoms with Crippen molar-refractivity contribution in [3.05, 3.63) is 42.5 Å². The largest absolute Gasteiger partial charge is 0.441 e. The Hall–Kier alpha value is -2.69. The number of nitrogens with one attached hydrogen (secondary N) is 1. The first-order chi connectivity index (χ1) is 12.2. The molecule has 4 rings (SSSR count). The van der Waals surface area contributed by atoms with E-state index in [1.54, 1.807) is 12.4 Å². The predicted molar refractivity (Wildman–Crippen MR) is 97.2 cm³/mol. The van der Waals surface area contributed by atoms with Crippen LogP contribution in [0.25, 0.3) is 22.1 Å². The molecule has 0 bridgehead atoms. The lowest BCUT2D eigenvalue weighted by atomic mass is 9.89. The van der Waals surface area contributed by atoms with Crippen LogP contribution in [0.5, 0.6) is 0 Å². The molecule has 1 N–H and O–H groups in total. The molecule has 1 saturated carbocycles. The molecule has 5 nitrogen and oxygen atoms in total. The van der Waals surface area contributed by atoms with Crippen molar-refractivity contribution in [2.45, 2.75) is 39.0 Å². The second-order valence-corrected chi connectivity index (χ2v) is 6.70. The Kier molecular flexibility index (Phi) is 4.22. The summed E-state index contributed by atoms with van der Waals surface area (Å²) in [7, 11) is 0. The normalized spacial score (nSPS) is 15.4. The number of amides is 1. The van der Waals surface area contributed by atoms with E-state index in [1.807, 2.05) is 31.2 Å². The predicted octanol–water partition coefficient (Wildman–Crippen LogP) is 4.72. The number of nitrogens with zero attached hydrogens (tertiary/aromatic N) is 2. The molecule has 1 aliphatic rings. The van der Waals surface area contributed by atoms with Gasteiger partial charge in [0, 0.05) is 30.0 Å². The number of fused-ring (bicyclic) bond motifs is 1. The van der Waals surface area contributed by atoms with Gasteiger partial charge in [-0.2, -0.15) is 0 Å². The van der Waals surface area contributed by atoms with Crippen molar-refractivity contribution >= 4 is 22.5 Å². The third-order valence-electron chi connectivity index (χ3n) is 4.85. The van der Waals surface area contributed by atoms with Gasteiger partial charge in [0.2, 0.25) is 5.91 Å². The summed E-state index contributed by atoms with van der Waals surface area (Å²) < 4.78 is 5.60. The van der Waals surface area contributed by atoms with E-state index < -0.39 is 0 Å². The molecule has 5 heteroatoms. The molecule has 1 amide bonds. The zero-order valence-corrected chi connectivity index (χ0v) is 14.3. The lowest BCUT2D eigenvalue weighted by molar-refractivity contribution is -0.120. The Labute approximate surface area is 146 Å². The number of oxazole rings is 1. The summed E-state index contributed by atoms with van der Waals surface area (Å²) in [5, 5.41) is 5.02. The van der Waals surface area contributed by atoms with Gasteiger partial charge in [0.1, 0.15) is 5.82 Å². The number of carbonyl (C=O) groups is 1. The topological polar surface area (TPSA) is 68.0 Å². The first-order valence-corrected chi connectivity index (χ1v) is 8.82. The molecule has 1 aromatic carbocycles. The fourth-order valence-electron chi connectivity index (χ4n) is 3.45. The van der Waals surface area contributed by atoms with E-state index in [0.717, 1.165) is 47.8 Å². The van der Waals surface area contributed by atoms with Crippen molar-refractivity contribution < 1.29 is 9.21 Å². The Morgan fingerprint density at radius 2 is 1.92 bits per heavy atom. The Morgan fingerprint density at radius 3 is 2.68 bits per heavy atom. The molecule has 0 radical (unpaired) electrons. The van der Waals surface area contributed by atoms with Crippen LogP contribution in [0.2, 0.25) is 0 Å². The number of carbonyl (C=O) groups excluding carboxylic acids is 1. The van der Waals surface area contributed by atoms with Crippen LogP contribution in [0.1, 0.15) is 38.0 Å². The van der Waals surface area contributed by atoms with Crippen molar-refractivity contribution in [1.29, 1.82) is 0 Å². The number of hydrogen-bond acceptors (Lipinski definition) is 4. The molecule has 0 spiro atoms. The van der Waals surface area contributed by atoms with Crippen molar-refractivity contribution in [2.75, 3.05) is 5.32 Å². The quantitative estimate of drug-likeness (QED) is 0.752. The molecule has 2 aromatic heterocycles. The first kappa shape index (κ1) is 15.8. The number of benzene rings is 1. The SMILES string of the molecule is Cc1ncc(-c2ccc3cnc(NC(=O)C4CCCCC4)cc3c2)o1. The number of pyridine rings is 1. The van der Waals surface area contributed by atoms with Gasteiger partial charge in [-0.05, 0) is 30.4 Å². The van der Waals surface area contributed by atoms with Crippen LogP contribution in [0, 0.1) is 12.8 Å². The molecule has 128 valence electrons. The Balaban J connectivity index is 1.59. The standard InChI is InChI=1S/C20H21N3O2/c1-13-21-12-18(25-13)15-7-8-16-11-22-19(10-17(16)9-15)23-20(24)14-5-3-2-4-6-14/h7-12,14H,2-6H2,1H3,(H,22,23,24). The molecule has 0 saturated heterocycles. The van der Waals surface area contributed by atoms with E-state index >= 15 is 0 Å². The summed E-state index contributed by atoms with van der Waals surface area (Å²) in [5.74, 6) is 2.20. The summed E-state index contributed by atoms with van der Waals surface area (Å²) in [5.41, 5.74) is 0.962. The molecule has 2 heterocycles. The first-order valence-electron chi connectivity index (χ1n) is 8.82. The molecule has 3 aromatic rings. The summed E-state index contributed by atoms with van der Waals surface area (Å²) >= 11 is 0. The third-order valence-corrected chi connectivity index (χ3v) is 4.85. The van der Waals surface area contributed by atoms with E-state index in [-0.39, 0.29) is 11.8 Å². The molecule has 0 atom stereocenters. The number of anilines is 1. The van der Waals surface area contributed by atoms with Gasteiger partial charge >= 0.3 is 0 Å².